The Morgan fingerprint density at radius 1 is 1.32 bits per heavy atom. The Labute approximate surface area is 133 Å². The van der Waals surface area contributed by atoms with E-state index in [2.05, 4.69) is 44.3 Å². The van der Waals surface area contributed by atoms with Crippen molar-refractivity contribution >= 4 is 5.91 Å². The summed E-state index contributed by atoms with van der Waals surface area (Å²) in [5.41, 5.74) is 2.84. The van der Waals surface area contributed by atoms with Crippen LogP contribution >= 0.6 is 0 Å². The normalized spacial score (nSPS) is 34.7. The van der Waals surface area contributed by atoms with Gasteiger partial charge in [-0.05, 0) is 59.3 Å². The minimum Gasteiger partial charge on any atom is -0.497 e. The molecule has 1 fully saturated rings. The van der Waals surface area contributed by atoms with Crippen LogP contribution in [0.2, 0.25) is 0 Å². The zero-order valence-electron chi connectivity index (χ0n) is 14.1. The lowest BCUT2D eigenvalue weighted by atomic mass is 9.69. The van der Waals surface area contributed by atoms with Gasteiger partial charge in [0, 0.05) is 13.0 Å². The van der Waals surface area contributed by atoms with Gasteiger partial charge in [0.05, 0.1) is 7.11 Å². The first-order valence-electron chi connectivity index (χ1n) is 8.40. The number of benzene rings is 1. The molecule has 1 aliphatic carbocycles. The molecule has 4 atom stereocenters. The van der Waals surface area contributed by atoms with E-state index >= 15 is 0 Å². The Morgan fingerprint density at radius 2 is 2.09 bits per heavy atom. The van der Waals surface area contributed by atoms with Crippen molar-refractivity contribution in [2.24, 2.45) is 17.8 Å². The highest BCUT2D eigenvalue weighted by molar-refractivity contribution is 5.76. The fourth-order valence-electron chi connectivity index (χ4n) is 4.77. The molecule has 3 heteroatoms. The lowest BCUT2D eigenvalue weighted by Crippen LogP contribution is -2.34. The van der Waals surface area contributed by atoms with Gasteiger partial charge in [-0.1, -0.05) is 26.8 Å². The maximum atomic E-state index is 12.3. The Balaban J connectivity index is 2.12. The molecule has 22 heavy (non-hydrogen) atoms. The minimum atomic E-state index is 0.0854. The Morgan fingerprint density at radius 3 is 2.82 bits per heavy atom. The second-order valence-corrected chi connectivity index (χ2v) is 7.39. The predicted octanol–water partition coefficient (Wildman–Crippen LogP) is 3.31. The van der Waals surface area contributed by atoms with Crippen LogP contribution in [-0.2, 0) is 16.6 Å². The molecule has 0 aromatic heterocycles. The predicted molar refractivity (Wildman–Crippen MR) is 88.1 cm³/mol. The van der Waals surface area contributed by atoms with Crippen molar-refractivity contribution in [1.82, 2.24) is 5.32 Å². The summed E-state index contributed by atoms with van der Waals surface area (Å²) in [5, 5.41) is 3.09. The molecule has 1 aromatic carbocycles. The molecular weight excluding hydrogens is 274 g/mol. The fraction of sp³-hybridized carbons (Fsp3) is 0.632. The quantitative estimate of drug-likeness (QED) is 0.864. The lowest BCUT2D eigenvalue weighted by molar-refractivity contribution is -0.122. The van der Waals surface area contributed by atoms with E-state index in [1.54, 1.807) is 7.11 Å². The van der Waals surface area contributed by atoms with E-state index in [0.717, 1.165) is 18.6 Å². The highest BCUT2D eigenvalue weighted by atomic mass is 16.5. The molecule has 1 aliphatic heterocycles. The molecule has 3 nitrogen and oxygen atoms in total. The van der Waals surface area contributed by atoms with Gasteiger partial charge in [-0.2, -0.15) is 0 Å². The van der Waals surface area contributed by atoms with Crippen LogP contribution in [0.4, 0.5) is 0 Å². The molecular formula is C19H27NO2. The average molecular weight is 301 g/mol. The second kappa shape index (κ2) is 5.60. The monoisotopic (exact) mass is 301 g/mol. The third-order valence-electron chi connectivity index (χ3n) is 6.15. The molecule has 2 aliphatic rings. The molecule has 1 N–H and O–H groups in total. The summed E-state index contributed by atoms with van der Waals surface area (Å²) in [6.07, 6.45) is 2.68. The first-order chi connectivity index (χ1) is 10.5. The number of nitrogens with one attached hydrogen (secondary N) is 1. The SMILES string of the molecule is COc1ccc2c(c1)CCNC(=O)CC1[C@H](C)[C@@H](C)CC21C. The van der Waals surface area contributed by atoms with E-state index in [0.29, 0.717) is 30.7 Å². The van der Waals surface area contributed by atoms with E-state index in [9.17, 15) is 4.79 Å². The van der Waals surface area contributed by atoms with E-state index in [4.69, 9.17) is 4.74 Å². The third kappa shape index (κ3) is 2.41. The number of fused-ring (bicyclic) bond motifs is 3. The Kier molecular flexibility index (Phi) is 3.92. The van der Waals surface area contributed by atoms with Gasteiger partial charge in [0.25, 0.3) is 0 Å². The summed E-state index contributed by atoms with van der Waals surface area (Å²) in [6.45, 7) is 7.72. The molecule has 0 saturated heterocycles. The van der Waals surface area contributed by atoms with E-state index < -0.39 is 0 Å². The summed E-state index contributed by atoms with van der Waals surface area (Å²) < 4.78 is 5.40. The van der Waals surface area contributed by atoms with Crippen molar-refractivity contribution in [3.63, 3.8) is 0 Å². The molecule has 0 spiro atoms. The minimum absolute atomic E-state index is 0.0854. The Bertz CT molecular complexity index is 583. The second-order valence-electron chi connectivity index (χ2n) is 7.39. The van der Waals surface area contributed by atoms with Gasteiger partial charge in [0.2, 0.25) is 5.91 Å². The van der Waals surface area contributed by atoms with Crippen molar-refractivity contribution in [3.8, 4) is 5.75 Å². The van der Waals surface area contributed by atoms with Crippen molar-refractivity contribution in [2.45, 2.75) is 45.4 Å². The van der Waals surface area contributed by atoms with Crippen molar-refractivity contribution in [1.29, 1.82) is 0 Å². The molecule has 1 amide bonds. The van der Waals surface area contributed by atoms with Gasteiger partial charge in [-0.25, -0.2) is 0 Å². The smallest absolute Gasteiger partial charge is 0.220 e. The van der Waals surface area contributed by atoms with Gasteiger partial charge in [-0.3, -0.25) is 4.79 Å². The van der Waals surface area contributed by atoms with E-state index in [-0.39, 0.29) is 11.3 Å². The molecule has 2 unspecified atom stereocenters. The number of ether oxygens (including phenoxy) is 1. The van der Waals surface area contributed by atoms with Gasteiger partial charge >= 0.3 is 0 Å². The maximum absolute atomic E-state index is 12.3. The number of rotatable bonds is 1. The molecule has 1 aromatic rings. The topological polar surface area (TPSA) is 38.3 Å². The zero-order valence-corrected chi connectivity index (χ0v) is 14.1. The standard InChI is InChI=1S/C19H27NO2/c1-12-11-19(3)16-6-5-15(22-4)9-14(16)7-8-20-18(21)10-17(19)13(12)2/h5-6,9,12-13,17H,7-8,10-11H2,1-4H3,(H,20,21)/t12-,13+,17?,19?/m0/s1. The number of hydrogen-bond donors (Lipinski definition) is 1. The van der Waals surface area contributed by atoms with Crippen LogP contribution in [0.15, 0.2) is 18.2 Å². The Hall–Kier alpha value is -1.51. The van der Waals surface area contributed by atoms with Gasteiger partial charge < -0.3 is 10.1 Å². The number of hydrogen-bond acceptors (Lipinski definition) is 2. The highest BCUT2D eigenvalue weighted by Crippen LogP contribution is 2.54. The van der Waals surface area contributed by atoms with Crippen LogP contribution in [0, 0.1) is 17.8 Å². The molecule has 1 saturated carbocycles. The van der Waals surface area contributed by atoms with Crippen LogP contribution in [0.3, 0.4) is 0 Å². The lowest BCUT2D eigenvalue weighted by Gasteiger charge is -2.35. The number of methoxy groups -OCH3 is 1. The largest absolute Gasteiger partial charge is 0.497 e. The van der Waals surface area contributed by atoms with Crippen LogP contribution in [-0.4, -0.2) is 19.6 Å². The summed E-state index contributed by atoms with van der Waals surface area (Å²) in [7, 11) is 1.71. The van der Waals surface area contributed by atoms with Crippen LogP contribution in [0.5, 0.6) is 5.75 Å². The van der Waals surface area contributed by atoms with Crippen LogP contribution in [0.25, 0.3) is 0 Å². The third-order valence-corrected chi connectivity index (χ3v) is 6.15. The van der Waals surface area contributed by atoms with Gasteiger partial charge in [0.15, 0.2) is 0 Å². The molecule has 3 rings (SSSR count). The summed E-state index contributed by atoms with van der Waals surface area (Å²) >= 11 is 0. The summed E-state index contributed by atoms with van der Waals surface area (Å²) in [5.74, 6) is 2.74. The first kappa shape index (κ1) is 15.4. The van der Waals surface area contributed by atoms with Gasteiger partial charge in [-0.15, -0.1) is 0 Å². The number of carbonyl (C=O) groups excluding carboxylic acids is 1. The zero-order chi connectivity index (χ0) is 15.9. The van der Waals surface area contributed by atoms with Crippen LogP contribution in [0.1, 0.15) is 44.7 Å². The molecule has 120 valence electrons. The van der Waals surface area contributed by atoms with Crippen molar-refractivity contribution < 1.29 is 9.53 Å². The summed E-state index contributed by atoms with van der Waals surface area (Å²) in [4.78, 5) is 12.3. The van der Waals surface area contributed by atoms with Gasteiger partial charge in [0.1, 0.15) is 5.75 Å². The average Bonchev–Trinajstić information content (AvgIpc) is 2.73. The molecule has 0 bridgehead atoms. The van der Waals surface area contributed by atoms with Crippen molar-refractivity contribution in [2.75, 3.05) is 13.7 Å². The van der Waals surface area contributed by atoms with E-state index in [1.165, 1.54) is 11.1 Å². The summed E-state index contributed by atoms with van der Waals surface area (Å²) in [6, 6.07) is 6.46. The van der Waals surface area contributed by atoms with Crippen LogP contribution < -0.4 is 10.1 Å². The number of carbonyl (C=O) groups is 1. The highest BCUT2D eigenvalue weighted by Gasteiger charge is 2.49. The molecule has 0 radical (unpaired) electrons. The molecule has 1 heterocycles. The first-order valence-corrected chi connectivity index (χ1v) is 8.40. The van der Waals surface area contributed by atoms with E-state index in [1.807, 2.05) is 0 Å². The maximum Gasteiger partial charge on any atom is 0.220 e. The number of amides is 1. The fourth-order valence-corrected chi connectivity index (χ4v) is 4.77. The van der Waals surface area contributed by atoms with Crippen molar-refractivity contribution in [3.05, 3.63) is 29.3 Å².